The van der Waals surface area contributed by atoms with E-state index in [-0.39, 0.29) is 46.9 Å². The van der Waals surface area contributed by atoms with Gasteiger partial charge in [0.1, 0.15) is 17.3 Å². The fourth-order valence-electron chi connectivity index (χ4n) is 4.28. The monoisotopic (exact) mass is 447 g/mol. The Morgan fingerprint density at radius 2 is 1.61 bits per heavy atom. The first kappa shape index (κ1) is 21.4. The van der Waals surface area contributed by atoms with Crippen molar-refractivity contribution < 1.29 is 23.5 Å². The summed E-state index contributed by atoms with van der Waals surface area (Å²) in [6, 6.07) is 5.86. The summed E-state index contributed by atoms with van der Waals surface area (Å²) in [5.74, 6) is -0.307. The Labute approximate surface area is 184 Å². The fourth-order valence-corrected chi connectivity index (χ4v) is 4.39. The van der Waals surface area contributed by atoms with Gasteiger partial charge in [-0.2, -0.15) is 0 Å². The number of benzene rings is 1. The average molecular weight is 448 g/mol. The van der Waals surface area contributed by atoms with Crippen molar-refractivity contribution in [3.05, 3.63) is 52.6 Å². The van der Waals surface area contributed by atoms with Crippen molar-refractivity contribution >= 4 is 23.4 Å². The van der Waals surface area contributed by atoms with Gasteiger partial charge in [-0.25, -0.2) is 4.39 Å². The summed E-state index contributed by atoms with van der Waals surface area (Å²) in [4.78, 5) is 28.6. The molecule has 2 aromatic rings. The van der Waals surface area contributed by atoms with Crippen LogP contribution in [0, 0.1) is 19.7 Å². The number of nitrogens with zero attached hydrogens (tertiary/aromatic N) is 1. The van der Waals surface area contributed by atoms with Gasteiger partial charge in [-0.05, 0) is 56.9 Å². The van der Waals surface area contributed by atoms with Crippen LogP contribution in [0.4, 0.5) is 4.39 Å². The van der Waals surface area contributed by atoms with Crippen LogP contribution in [0.15, 0.2) is 30.5 Å². The minimum absolute atomic E-state index is 0.00550. The highest BCUT2D eigenvalue weighted by Gasteiger charge is 2.69. The molecule has 7 nitrogen and oxygen atoms in total. The zero-order valence-corrected chi connectivity index (χ0v) is 18.0. The molecule has 3 saturated carbocycles. The molecule has 1 heterocycles. The minimum Gasteiger partial charge on any atom is -0.484 e. The van der Waals surface area contributed by atoms with Crippen molar-refractivity contribution in [1.82, 2.24) is 15.6 Å². The molecule has 9 heteroatoms. The molecule has 31 heavy (non-hydrogen) atoms. The number of aromatic nitrogens is 1. The Bertz CT molecular complexity index is 946. The molecule has 1 aromatic heterocycles. The number of amides is 2. The summed E-state index contributed by atoms with van der Waals surface area (Å²) in [5, 5.41) is 5.94. The van der Waals surface area contributed by atoms with E-state index >= 15 is 0 Å². The van der Waals surface area contributed by atoms with Gasteiger partial charge >= 0.3 is 0 Å². The van der Waals surface area contributed by atoms with Gasteiger partial charge in [0.2, 0.25) is 0 Å². The lowest BCUT2D eigenvalue weighted by atomic mass is 9.44. The molecule has 1 aromatic carbocycles. The van der Waals surface area contributed by atoms with Gasteiger partial charge in [0.05, 0.1) is 11.2 Å². The second kappa shape index (κ2) is 8.00. The highest BCUT2D eigenvalue weighted by molar-refractivity contribution is 6.30. The number of hydrogen-bond donors (Lipinski definition) is 2. The van der Waals surface area contributed by atoms with Crippen molar-refractivity contribution in [2.24, 2.45) is 0 Å². The smallest absolute Gasteiger partial charge is 0.258 e. The van der Waals surface area contributed by atoms with Gasteiger partial charge in [-0.3, -0.25) is 14.6 Å². The number of nitrogens with one attached hydrogen (secondary N) is 2. The summed E-state index contributed by atoms with van der Waals surface area (Å²) in [6.07, 6.45) is 3.59. The van der Waals surface area contributed by atoms with Gasteiger partial charge in [0.25, 0.3) is 11.8 Å². The van der Waals surface area contributed by atoms with Crippen LogP contribution in [-0.2, 0) is 9.59 Å². The van der Waals surface area contributed by atoms with E-state index in [1.807, 2.05) is 19.9 Å². The molecule has 2 N–H and O–H groups in total. The number of pyridine rings is 1. The first-order valence-corrected chi connectivity index (χ1v) is 10.3. The number of carbonyl (C=O) groups is 2. The number of rotatable bonds is 8. The third-order valence-corrected chi connectivity index (χ3v) is 6.09. The molecule has 0 unspecified atom stereocenters. The molecular formula is C22H23ClFN3O4. The first-order valence-electron chi connectivity index (χ1n) is 9.94. The molecule has 0 saturated heterocycles. The third-order valence-electron chi connectivity index (χ3n) is 5.79. The molecule has 164 valence electrons. The van der Waals surface area contributed by atoms with Crippen LogP contribution >= 0.6 is 11.6 Å². The van der Waals surface area contributed by atoms with E-state index in [0.29, 0.717) is 25.0 Å². The largest absolute Gasteiger partial charge is 0.484 e. The maximum atomic E-state index is 13.4. The number of halogens is 2. The highest BCUT2D eigenvalue weighted by atomic mass is 35.5. The molecule has 3 aliphatic rings. The van der Waals surface area contributed by atoms with Crippen molar-refractivity contribution in [3.63, 3.8) is 0 Å². The van der Waals surface area contributed by atoms with Crippen LogP contribution in [0.25, 0.3) is 0 Å². The van der Waals surface area contributed by atoms with Crippen molar-refractivity contribution in [1.29, 1.82) is 0 Å². The second-order valence-corrected chi connectivity index (χ2v) is 8.82. The third kappa shape index (κ3) is 4.58. The maximum Gasteiger partial charge on any atom is 0.258 e. The van der Waals surface area contributed by atoms with Crippen LogP contribution in [-0.4, -0.2) is 41.1 Å². The van der Waals surface area contributed by atoms with Crippen molar-refractivity contribution in [2.45, 2.75) is 44.2 Å². The molecule has 2 amide bonds. The van der Waals surface area contributed by atoms with E-state index < -0.39 is 5.82 Å². The van der Waals surface area contributed by atoms with Crippen LogP contribution in [0.2, 0.25) is 5.02 Å². The Hall–Kier alpha value is -2.87. The van der Waals surface area contributed by atoms with Crippen LogP contribution in [0.1, 0.15) is 30.5 Å². The lowest BCUT2D eigenvalue weighted by Gasteiger charge is -2.70. The Morgan fingerprint density at radius 1 is 1.03 bits per heavy atom. The molecule has 5 rings (SSSR count). The van der Waals surface area contributed by atoms with E-state index in [0.717, 1.165) is 17.3 Å². The van der Waals surface area contributed by atoms with E-state index in [1.165, 1.54) is 12.1 Å². The van der Waals surface area contributed by atoms with Gasteiger partial charge in [0.15, 0.2) is 13.2 Å². The normalized spacial score (nSPS) is 23.2. The van der Waals surface area contributed by atoms with Gasteiger partial charge in [-0.15, -0.1) is 0 Å². The number of hydrogen-bond acceptors (Lipinski definition) is 5. The lowest BCUT2D eigenvalue weighted by Crippen LogP contribution is -2.84. The lowest BCUT2D eigenvalue weighted by molar-refractivity contribution is -0.151. The summed E-state index contributed by atoms with van der Waals surface area (Å²) < 4.78 is 24.2. The fraction of sp³-hybridized carbons (Fsp3) is 0.409. The molecule has 0 radical (unpaired) electrons. The van der Waals surface area contributed by atoms with Gasteiger partial charge in [-0.1, -0.05) is 11.6 Å². The van der Waals surface area contributed by atoms with Crippen LogP contribution in [0.5, 0.6) is 11.5 Å². The van der Waals surface area contributed by atoms with Crippen LogP contribution in [0.3, 0.4) is 0 Å². The SMILES string of the molecule is Cc1cc(OCC(=O)NC23CC(NC(=O)COc4ccc(Cl)c(F)c4)(C2)C3)cnc1C. The quantitative estimate of drug-likeness (QED) is 0.649. The molecule has 3 aliphatic carbocycles. The Kier molecular flexibility index (Phi) is 5.51. The first-order chi connectivity index (χ1) is 14.7. The predicted octanol–water partition coefficient (Wildman–Crippen LogP) is 2.86. The Balaban J connectivity index is 1.17. The van der Waals surface area contributed by atoms with Crippen molar-refractivity contribution in [2.75, 3.05) is 13.2 Å². The van der Waals surface area contributed by atoms with Gasteiger partial charge in [0, 0.05) is 22.8 Å². The molecule has 0 atom stereocenters. The Morgan fingerprint density at radius 3 is 2.16 bits per heavy atom. The molecule has 0 spiro atoms. The minimum atomic E-state index is -0.602. The van der Waals surface area contributed by atoms with E-state index in [4.69, 9.17) is 21.1 Å². The number of carbonyl (C=O) groups excluding carboxylic acids is 2. The number of aryl methyl sites for hydroxylation is 2. The summed E-state index contributed by atoms with van der Waals surface area (Å²) in [6.45, 7) is 3.53. The predicted molar refractivity (Wildman–Crippen MR) is 112 cm³/mol. The number of ether oxygens (including phenoxy) is 2. The topological polar surface area (TPSA) is 89.6 Å². The summed E-state index contributed by atoms with van der Waals surface area (Å²) in [7, 11) is 0. The van der Waals surface area contributed by atoms with Gasteiger partial charge < -0.3 is 20.1 Å². The maximum absolute atomic E-state index is 13.4. The zero-order valence-electron chi connectivity index (χ0n) is 17.3. The van der Waals surface area contributed by atoms with E-state index in [9.17, 15) is 14.0 Å². The zero-order chi connectivity index (χ0) is 22.2. The summed E-state index contributed by atoms with van der Waals surface area (Å²) in [5.41, 5.74) is 1.33. The summed E-state index contributed by atoms with van der Waals surface area (Å²) >= 11 is 5.62. The molecule has 0 aliphatic heterocycles. The van der Waals surface area contributed by atoms with Crippen LogP contribution < -0.4 is 20.1 Å². The van der Waals surface area contributed by atoms with E-state index in [1.54, 1.807) is 6.20 Å². The average Bonchev–Trinajstić information content (AvgIpc) is 2.67. The molecular weight excluding hydrogens is 425 g/mol. The highest BCUT2D eigenvalue weighted by Crippen LogP contribution is 2.60. The second-order valence-electron chi connectivity index (χ2n) is 8.41. The standard InChI is InChI=1S/C22H23ClFN3O4/c1-13-5-16(7-25-14(13)2)31-9-20(29)27-22-10-21(11-22,12-22)26-19(28)8-30-15-3-4-17(23)18(24)6-15/h3-7H,8-12H2,1-2H3,(H,26,28)(H,27,29). The molecule has 3 fully saturated rings. The van der Waals surface area contributed by atoms with Crippen molar-refractivity contribution in [3.8, 4) is 11.5 Å². The van der Waals surface area contributed by atoms with E-state index in [2.05, 4.69) is 15.6 Å². The molecule has 2 bridgehead atoms.